The zero-order valence-electron chi connectivity index (χ0n) is 9.93. The monoisotopic (exact) mass is 235 g/mol. The van der Waals surface area contributed by atoms with Crippen LogP contribution in [-0.2, 0) is 16.0 Å². The van der Waals surface area contributed by atoms with Crippen LogP contribution in [0, 0.1) is 0 Å². The smallest absolute Gasteiger partial charge is 0.326 e. The van der Waals surface area contributed by atoms with Crippen molar-refractivity contribution in [1.29, 1.82) is 0 Å². The molecule has 1 aromatic rings. The minimum absolute atomic E-state index is 0.451. The first-order valence-electron chi connectivity index (χ1n) is 5.89. The van der Waals surface area contributed by atoms with E-state index in [0.29, 0.717) is 26.2 Å². The number of anilines is 1. The van der Waals surface area contributed by atoms with Crippen molar-refractivity contribution in [2.24, 2.45) is 0 Å². The van der Waals surface area contributed by atoms with E-state index < -0.39 is 12.0 Å². The van der Waals surface area contributed by atoms with Gasteiger partial charge in [-0.25, -0.2) is 4.79 Å². The van der Waals surface area contributed by atoms with Crippen LogP contribution in [0.15, 0.2) is 24.3 Å². The predicted octanol–water partition coefficient (Wildman–Crippen LogP) is 1.54. The molecule has 0 fully saturated rings. The third-order valence-electron chi connectivity index (χ3n) is 3.06. The number of nitrogens with zero attached hydrogens (tertiary/aromatic N) is 1. The fourth-order valence-corrected chi connectivity index (χ4v) is 2.25. The molecule has 0 bridgehead atoms. The van der Waals surface area contributed by atoms with Crippen LogP contribution in [0.5, 0.6) is 0 Å². The first-order chi connectivity index (χ1) is 8.24. The van der Waals surface area contributed by atoms with Crippen molar-refractivity contribution >= 4 is 11.7 Å². The zero-order valence-corrected chi connectivity index (χ0v) is 9.93. The van der Waals surface area contributed by atoms with Gasteiger partial charge in [-0.1, -0.05) is 18.2 Å². The molecular weight excluding hydrogens is 218 g/mol. The molecule has 0 saturated heterocycles. The molecule has 4 nitrogen and oxygen atoms in total. The van der Waals surface area contributed by atoms with Gasteiger partial charge in [0, 0.05) is 25.3 Å². The summed E-state index contributed by atoms with van der Waals surface area (Å²) in [5, 5.41) is 9.23. The molecule has 0 amide bonds. The van der Waals surface area contributed by atoms with Crippen molar-refractivity contribution in [3.05, 3.63) is 29.8 Å². The fraction of sp³-hybridized carbons (Fsp3) is 0.462. The van der Waals surface area contributed by atoms with E-state index in [9.17, 15) is 9.90 Å². The molecule has 2 rings (SSSR count). The van der Waals surface area contributed by atoms with Crippen molar-refractivity contribution in [3.63, 3.8) is 0 Å². The van der Waals surface area contributed by atoms with Gasteiger partial charge in [0.2, 0.25) is 0 Å². The third-order valence-corrected chi connectivity index (χ3v) is 3.06. The van der Waals surface area contributed by atoms with Gasteiger partial charge in [-0.05, 0) is 18.6 Å². The van der Waals surface area contributed by atoms with Gasteiger partial charge in [0.25, 0.3) is 0 Å². The molecule has 1 atom stereocenters. The van der Waals surface area contributed by atoms with Crippen LogP contribution in [0.3, 0.4) is 0 Å². The summed E-state index contributed by atoms with van der Waals surface area (Å²) < 4.78 is 5.30. The summed E-state index contributed by atoms with van der Waals surface area (Å²) in [6.45, 7) is 3.79. The summed E-state index contributed by atoms with van der Waals surface area (Å²) in [6, 6.07) is 7.41. The molecule has 0 radical (unpaired) electrons. The zero-order chi connectivity index (χ0) is 12.3. The second-order valence-corrected chi connectivity index (χ2v) is 4.08. The summed E-state index contributed by atoms with van der Waals surface area (Å²) in [5.41, 5.74) is 2.14. The molecule has 1 aliphatic heterocycles. The predicted molar refractivity (Wildman–Crippen MR) is 65.4 cm³/mol. The van der Waals surface area contributed by atoms with Gasteiger partial charge >= 0.3 is 5.97 Å². The van der Waals surface area contributed by atoms with Crippen LogP contribution in [0.4, 0.5) is 5.69 Å². The number of carboxylic acids is 1. The third kappa shape index (κ3) is 2.42. The Balaban J connectivity index is 2.15. The van der Waals surface area contributed by atoms with Crippen LogP contribution in [0.1, 0.15) is 12.5 Å². The highest BCUT2D eigenvalue weighted by Gasteiger charge is 2.33. The summed E-state index contributed by atoms with van der Waals surface area (Å²) >= 11 is 0. The largest absolute Gasteiger partial charge is 0.480 e. The Hall–Kier alpha value is -1.55. The molecule has 0 saturated carbocycles. The second-order valence-electron chi connectivity index (χ2n) is 4.08. The van der Waals surface area contributed by atoms with Crippen molar-refractivity contribution in [2.75, 3.05) is 24.7 Å². The number of carbonyl (C=O) groups is 1. The number of ether oxygens (including phenoxy) is 1. The van der Waals surface area contributed by atoms with Gasteiger partial charge in [-0.3, -0.25) is 0 Å². The summed E-state index contributed by atoms with van der Waals surface area (Å²) in [5.74, 6) is -0.766. The molecule has 1 aliphatic rings. The number of hydrogen-bond acceptors (Lipinski definition) is 3. The van der Waals surface area contributed by atoms with Crippen molar-refractivity contribution in [3.8, 4) is 0 Å². The van der Waals surface area contributed by atoms with E-state index in [4.69, 9.17) is 4.74 Å². The average Bonchev–Trinajstić information content (AvgIpc) is 2.69. The number of rotatable bonds is 5. The highest BCUT2D eigenvalue weighted by atomic mass is 16.5. The lowest BCUT2D eigenvalue weighted by atomic mass is 10.1. The summed E-state index contributed by atoms with van der Waals surface area (Å²) in [6.07, 6.45) is 0.581. The molecule has 17 heavy (non-hydrogen) atoms. The molecule has 4 heteroatoms. The Labute approximate surface area is 101 Å². The van der Waals surface area contributed by atoms with E-state index in [-0.39, 0.29) is 0 Å². The molecule has 0 spiro atoms. The van der Waals surface area contributed by atoms with Gasteiger partial charge in [0.05, 0.1) is 6.61 Å². The standard InChI is InChI=1S/C13H17NO3/c1-2-17-8-7-14-11-6-4-3-5-10(11)9-12(14)13(15)16/h3-6,12H,2,7-9H2,1H3,(H,15,16). The lowest BCUT2D eigenvalue weighted by Gasteiger charge is -2.24. The molecule has 92 valence electrons. The number of carboxylic acid groups (broad SMARTS) is 1. The Bertz CT molecular complexity index is 405. The highest BCUT2D eigenvalue weighted by Crippen LogP contribution is 2.31. The number of hydrogen-bond donors (Lipinski definition) is 1. The quantitative estimate of drug-likeness (QED) is 0.786. The Kier molecular flexibility index (Phi) is 3.64. The van der Waals surface area contributed by atoms with E-state index in [1.54, 1.807) is 0 Å². The Morgan fingerprint density at radius 3 is 3.00 bits per heavy atom. The summed E-state index contributed by atoms with van der Waals surface area (Å²) in [4.78, 5) is 13.2. The Morgan fingerprint density at radius 2 is 2.29 bits per heavy atom. The minimum Gasteiger partial charge on any atom is -0.480 e. The Morgan fingerprint density at radius 1 is 1.53 bits per heavy atom. The maximum absolute atomic E-state index is 11.2. The van der Waals surface area contributed by atoms with Crippen molar-refractivity contribution < 1.29 is 14.6 Å². The minimum atomic E-state index is -0.766. The van der Waals surface area contributed by atoms with E-state index in [1.807, 2.05) is 36.1 Å². The van der Waals surface area contributed by atoms with Crippen molar-refractivity contribution in [1.82, 2.24) is 0 Å². The van der Waals surface area contributed by atoms with Crippen LogP contribution in [-0.4, -0.2) is 36.9 Å². The van der Waals surface area contributed by atoms with Crippen LogP contribution >= 0.6 is 0 Å². The van der Waals surface area contributed by atoms with Gasteiger partial charge in [-0.15, -0.1) is 0 Å². The van der Waals surface area contributed by atoms with Gasteiger partial charge in [-0.2, -0.15) is 0 Å². The number of fused-ring (bicyclic) bond motifs is 1. The highest BCUT2D eigenvalue weighted by molar-refractivity contribution is 5.82. The number of aliphatic carboxylic acids is 1. The molecule has 1 unspecified atom stereocenters. The second kappa shape index (κ2) is 5.19. The first kappa shape index (κ1) is 11.9. The fourth-order valence-electron chi connectivity index (χ4n) is 2.25. The topological polar surface area (TPSA) is 49.8 Å². The average molecular weight is 235 g/mol. The van der Waals surface area contributed by atoms with Crippen LogP contribution in [0.2, 0.25) is 0 Å². The molecule has 1 aromatic carbocycles. The molecule has 1 heterocycles. The van der Waals surface area contributed by atoms with E-state index >= 15 is 0 Å². The molecule has 0 aromatic heterocycles. The maximum atomic E-state index is 11.2. The molecular formula is C13H17NO3. The number of para-hydroxylation sites is 1. The lowest BCUT2D eigenvalue weighted by Crippen LogP contribution is -2.40. The van der Waals surface area contributed by atoms with E-state index in [0.717, 1.165) is 11.3 Å². The lowest BCUT2D eigenvalue weighted by molar-refractivity contribution is -0.138. The van der Waals surface area contributed by atoms with Gasteiger partial charge < -0.3 is 14.7 Å². The van der Waals surface area contributed by atoms with Gasteiger partial charge in [0.15, 0.2) is 0 Å². The summed E-state index contributed by atoms with van der Waals surface area (Å²) in [7, 11) is 0. The van der Waals surface area contributed by atoms with Gasteiger partial charge in [0.1, 0.15) is 6.04 Å². The molecule has 1 N–H and O–H groups in total. The van der Waals surface area contributed by atoms with E-state index in [2.05, 4.69) is 0 Å². The maximum Gasteiger partial charge on any atom is 0.326 e. The van der Waals surface area contributed by atoms with Crippen LogP contribution < -0.4 is 4.90 Å². The first-order valence-corrected chi connectivity index (χ1v) is 5.89. The molecule has 0 aliphatic carbocycles. The number of benzene rings is 1. The normalized spacial score (nSPS) is 18.2. The van der Waals surface area contributed by atoms with Crippen LogP contribution in [0.25, 0.3) is 0 Å². The van der Waals surface area contributed by atoms with E-state index in [1.165, 1.54) is 0 Å². The van der Waals surface area contributed by atoms with Crippen molar-refractivity contribution in [2.45, 2.75) is 19.4 Å². The SMILES string of the molecule is CCOCCN1c2ccccc2CC1C(=O)O.